The van der Waals surface area contributed by atoms with Crippen molar-refractivity contribution in [2.75, 3.05) is 18.6 Å². The van der Waals surface area contributed by atoms with E-state index >= 15 is 0 Å². The van der Waals surface area contributed by atoms with Crippen LogP contribution in [-0.2, 0) is 14.6 Å². The fourth-order valence-electron chi connectivity index (χ4n) is 1.64. The first-order chi connectivity index (χ1) is 7.26. The lowest BCUT2D eigenvalue weighted by atomic mass is 9.91. The van der Waals surface area contributed by atoms with Gasteiger partial charge >= 0.3 is 0 Å². The lowest BCUT2D eigenvalue weighted by molar-refractivity contribution is -0.123. The van der Waals surface area contributed by atoms with Crippen molar-refractivity contribution in [3.05, 3.63) is 0 Å². The van der Waals surface area contributed by atoms with Crippen LogP contribution >= 0.6 is 0 Å². The van der Waals surface area contributed by atoms with E-state index in [2.05, 4.69) is 0 Å². The van der Waals surface area contributed by atoms with Crippen molar-refractivity contribution in [1.29, 1.82) is 0 Å². The van der Waals surface area contributed by atoms with Crippen LogP contribution < -0.4 is 5.73 Å². The van der Waals surface area contributed by atoms with Crippen LogP contribution in [0.2, 0.25) is 0 Å². The third-order valence-electron chi connectivity index (χ3n) is 2.43. The minimum Gasteiger partial charge on any atom is -0.330 e. The molecule has 0 aromatic carbocycles. The summed E-state index contributed by atoms with van der Waals surface area (Å²) in [4.78, 5) is 11.7. The number of ketones is 1. The van der Waals surface area contributed by atoms with Crippen molar-refractivity contribution in [1.82, 2.24) is 0 Å². The highest BCUT2D eigenvalue weighted by atomic mass is 32.2. The normalized spacial score (nSPS) is 14.1. The second-order valence-electron chi connectivity index (χ2n) is 4.76. The largest absolute Gasteiger partial charge is 0.330 e. The fourth-order valence-corrected chi connectivity index (χ4v) is 2.31. The lowest BCUT2D eigenvalue weighted by Gasteiger charge is -2.15. The van der Waals surface area contributed by atoms with Crippen molar-refractivity contribution in [2.45, 2.75) is 33.1 Å². The second-order valence-corrected chi connectivity index (χ2v) is 7.02. The first-order valence-electron chi connectivity index (χ1n) is 5.66. The fraction of sp³-hybridized carbons (Fsp3) is 0.909. The van der Waals surface area contributed by atoms with Crippen LogP contribution in [-0.4, -0.2) is 32.8 Å². The van der Waals surface area contributed by atoms with Gasteiger partial charge in [0, 0.05) is 25.1 Å². The first kappa shape index (κ1) is 15.6. The number of carbonyl (C=O) groups is 1. The van der Waals surface area contributed by atoms with Gasteiger partial charge in [0.2, 0.25) is 0 Å². The SMILES string of the molecule is CC(C)CC(CN)C(=O)CCCS(C)(=O)=O. The smallest absolute Gasteiger partial charge is 0.147 e. The zero-order valence-corrected chi connectivity index (χ0v) is 11.2. The number of hydrogen-bond acceptors (Lipinski definition) is 4. The summed E-state index contributed by atoms with van der Waals surface area (Å²) in [5.74, 6) is 0.504. The Balaban J connectivity index is 4.03. The van der Waals surface area contributed by atoms with Gasteiger partial charge in [-0.25, -0.2) is 8.42 Å². The summed E-state index contributed by atoms with van der Waals surface area (Å²) in [5.41, 5.74) is 5.54. The van der Waals surface area contributed by atoms with Gasteiger partial charge in [-0.1, -0.05) is 13.8 Å². The van der Waals surface area contributed by atoms with Crippen LogP contribution in [0, 0.1) is 11.8 Å². The number of carbonyl (C=O) groups excluding carboxylic acids is 1. The Labute approximate surface area is 98.5 Å². The standard InChI is InChI=1S/C11H23NO3S/c1-9(2)7-10(8-12)11(13)5-4-6-16(3,14)15/h9-10H,4-8,12H2,1-3H3. The van der Waals surface area contributed by atoms with Crippen LogP contribution in [0.4, 0.5) is 0 Å². The molecule has 0 radical (unpaired) electrons. The van der Waals surface area contributed by atoms with E-state index in [-0.39, 0.29) is 17.5 Å². The summed E-state index contributed by atoms with van der Waals surface area (Å²) < 4.78 is 21.8. The molecular weight excluding hydrogens is 226 g/mol. The molecule has 0 aliphatic heterocycles. The van der Waals surface area contributed by atoms with Crippen molar-refractivity contribution in [3.63, 3.8) is 0 Å². The molecule has 2 N–H and O–H groups in total. The molecule has 0 aliphatic carbocycles. The molecule has 0 aliphatic rings. The van der Waals surface area contributed by atoms with E-state index in [1.165, 1.54) is 6.26 Å². The number of nitrogens with two attached hydrogens (primary N) is 1. The van der Waals surface area contributed by atoms with E-state index in [0.717, 1.165) is 6.42 Å². The Bertz CT molecular complexity index is 309. The van der Waals surface area contributed by atoms with E-state index in [1.807, 2.05) is 13.8 Å². The second kappa shape index (κ2) is 7.01. The van der Waals surface area contributed by atoms with Gasteiger partial charge in [-0.2, -0.15) is 0 Å². The number of rotatable bonds is 8. The summed E-state index contributed by atoms with van der Waals surface area (Å²) in [6.45, 7) is 4.45. The molecule has 0 bridgehead atoms. The maximum absolute atomic E-state index is 11.7. The average Bonchev–Trinajstić information content (AvgIpc) is 2.11. The molecule has 5 heteroatoms. The van der Waals surface area contributed by atoms with E-state index in [4.69, 9.17) is 5.73 Å². The van der Waals surface area contributed by atoms with Crippen LogP contribution in [0.3, 0.4) is 0 Å². The molecule has 4 nitrogen and oxygen atoms in total. The molecule has 0 heterocycles. The molecule has 0 saturated carbocycles. The van der Waals surface area contributed by atoms with Gasteiger partial charge in [-0.05, 0) is 18.8 Å². The van der Waals surface area contributed by atoms with Crippen LogP contribution in [0.1, 0.15) is 33.1 Å². The molecule has 1 atom stereocenters. The molecule has 0 rings (SSSR count). The van der Waals surface area contributed by atoms with Crippen molar-refractivity contribution in [3.8, 4) is 0 Å². The number of hydrogen-bond donors (Lipinski definition) is 1. The zero-order valence-electron chi connectivity index (χ0n) is 10.4. The highest BCUT2D eigenvalue weighted by molar-refractivity contribution is 7.90. The monoisotopic (exact) mass is 249 g/mol. The molecule has 16 heavy (non-hydrogen) atoms. The van der Waals surface area contributed by atoms with E-state index < -0.39 is 9.84 Å². The maximum Gasteiger partial charge on any atom is 0.147 e. The first-order valence-corrected chi connectivity index (χ1v) is 7.72. The number of Topliss-reactive ketones (excluding diaryl/α,β-unsaturated/α-hetero) is 1. The molecule has 96 valence electrons. The molecular formula is C11H23NO3S. The highest BCUT2D eigenvalue weighted by Gasteiger charge is 2.18. The van der Waals surface area contributed by atoms with Gasteiger partial charge in [0.25, 0.3) is 0 Å². The third-order valence-corrected chi connectivity index (χ3v) is 3.46. The Morgan fingerprint density at radius 1 is 1.31 bits per heavy atom. The Kier molecular flexibility index (Phi) is 6.83. The van der Waals surface area contributed by atoms with Gasteiger partial charge in [0.05, 0.1) is 5.75 Å². The van der Waals surface area contributed by atoms with E-state index in [9.17, 15) is 13.2 Å². The van der Waals surface area contributed by atoms with Crippen molar-refractivity contribution < 1.29 is 13.2 Å². The van der Waals surface area contributed by atoms with Crippen LogP contribution in [0.5, 0.6) is 0 Å². The molecule has 0 saturated heterocycles. The number of sulfone groups is 1. The molecule has 0 spiro atoms. The zero-order chi connectivity index (χ0) is 12.8. The Morgan fingerprint density at radius 3 is 2.25 bits per heavy atom. The van der Waals surface area contributed by atoms with Crippen LogP contribution in [0.25, 0.3) is 0 Å². The molecule has 0 aromatic rings. The summed E-state index contributed by atoms with van der Waals surface area (Å²) in [7, 11) is -2.96. The predicted molar refractivity (Wildman–Crippen MR) is 66.0 cm³/mol. The molecule has 1 unspecified atom stereocenters. The van der Waals surface area contributed by atoms with Gasteiger partial charge < -0.3 is 5.73 Å². The summed E-state index contributed by atoms with van der Waals surface area (Å²) in [6.07, 6.45) is 2.70. The quantitative estimate of drug-likeness (QED) is 0.696. The van der Waals surface area contributed by atoms with Gasteiger partial charge in [-0.15, -0.1) is 0 Å². The minimum atomic E-state index is -2.96. The van der Waals surface area contributed by atoms with Crippen molar-refractivity contribution in [2.24, 2.45) is 17.6 Å². The topological polar surface area (TPSA) is 77.2 Å². The molecule has 0 fully saturated rings. The summed E-state index contributed by atoms with van der Waals surface area (Å²) >= 11 is 0. The average molecular weight is 249 g/mol. The minimum absolute atomic E-state index is 0.0811. The Hall–Kier alpha value is -0.420. The van der Waals surface area contributed by atoms with E-state index in [1.54, 1.807) is 0 Å². The predicted octanol–water partition coefficient (Wildman–Crippen LogP) is 1.00. The molecule has 0 amide bonds. The van der Waals surface area contributed by atoms with Crippen LogP contribution in [0.15, 0.2) is 0 Å². The van der Waals surface area contributed by atoms with Gasteiger partial charge in [0.1, 0.15) is 15.6 Å². The maximum atomic E-state index is 11.7. The Morgan fingerprint density at radius 2 is 1.88 bits per heavy atom. The molecule has 0 aromatic heterocycles. The van der Waals surface area contributed by atoms with E-state index in [0.29, 0.717) is 25.3 Å². The summed E-state index contributed by atoms with van der Waals surface area (Å²) in [6, 6.07) is 0. The highest BCUT2D eigenvalue weighted by Crippen LogP contribution is 2.14. The lowest BCUT2D eigenvalue weighted by Crippen LogP contribution is -2.25. The van der Waals surface area contributed by atoms with Gasteiger partial charge in [-0.3, -0.25) is 4.79 Å². The summed E-state index contributed by atoms with van der Waals surface area (Å²) in [5, 5.41) is 0. The van der Waals surface area contributed by atoms with Gasteiger partial charge in [0.15, 0.2) is 0 Å². The third kappa shape index (κ3) is 7.82. The van der Waals surface area contributed by atoms with Crippen molar-refractivity contribution >= 4 is 15.6 Å².